The van der Waals surface area contributed by atoms with Gasteiger partial charge in [0, 0.05) is 29.1 Å². The average molecular weight is 507 g/mol. The van der Waals surface area contributed by atoms with Gasteiger partial charge in [0.25, 0.3) is 5.56 Å². The molecule has 4 aromatic rings. The lowest BCUT2D eigenvalue weighted by Crippen LogP contribution is -2.15. The molecule has 35 heavy (non-hydrogen) atoms. The van der Waals surface area contributed by atoms with E-state index in [9.17, 15) is 9.59 Å². The summed E-state index contributed by atoms with van der Waals surface area (Å²) in [6.07, 6.45) is 7.65. The number of rotatable bonds is 6. The first-order valence-corrected chi connectivity index (χ1v) is 14.1. The van der Waals surface area contributed by atoms with Crippen molar-refractivity contribution >= 4 is 44.9 Å². The Bertz CT molecular complexity index is 1450. The number of nitrogens with one attached hydrogen (secondary N) is 2. The van der Waals surface area contributed by atoms with Crippen molar-refractivity contribution in [1.82, 2.24) is 24.7 Å². The van der Waals surface area contributed by atoms with Gasteiger partial charge in [-0.2, -0.15) is 0 Å². The second-order valence-corrected chi connectivity index (χ2v) is 11.1. The fourth-order valence-corrected chi connectivity index (χ4v) is 6.92. The van der Waals surface area contributed by atoms with Gasteiger partial charge in [0.05, 0.1) is 16.9 Å². The number of carbonyl (C=O) groups is 1. The number of aromatic nitrogens is 5. The van der Waals surface area contributed by atoms with Crippen molar-refractivity contribution < 1.29 is 4.79 Å². The van der Waals surface area contributed by atoms with E-state index >= 15 is 0 Å². The van der Waals surface area contributed by atoms with Gasteiger partial charge in [-0.05, 0) is 61.9 Å². The summed E-state index contributed by atoms with van der Waals surface area (Å²) in [5.74, 6) is 3.25. The molecular formula is C25H26N6O2S2. The number of hydrogen-bond acceptors (Lipinski definition) is 7. The second kappa shape index (κ2) is 9.58. The van der Waals surface area contributed by atoms with Crippen molar-refractivity contribution in [3.63, 3.8) is 0 Å². The highest BCUT2D eigenvalue weighted by atomic mass is 32.2. The van der Waals surface area contributed by atoms with Crippen LogP contribution in [0.3, 0.4) is 0 Å². The Labute approximate surface area is 210 Å². The molecule has 2 N–H and O–H groups in total. The molecule has 1 aliphatic heterocycles. The Morgan fingerprint density at radius 2 is 1.97 bits per heavy atom. The van der Waals surface area contributed by atoms with Gasteiger partial charge >= 0.3 is 0 Å². The predicted molar refractivity (Wildman–Crippen MR) is 140 cm³/mol. The monoisotopic (exact) mass is 506 g/mol. The van der Waals surface area contributed by atoms with Crippen molar-refractivity contribution in [1.29, 1.82) is 0 Å². The standard InChI is InChI=1S/C25H26N6O2S2/c32-21(14-34-13-19-27-24(33)22-17-5-4-6-18(17)35-25(22)28-19)26-16-10-8-15(9-11-16)23-30-29-20-7-2-1-3-12-31(20)23/h8-11H,1-7,12-14H2,(H,26,32)(H,27,28,33). The highest BCUT2D eigenvalue weighted by molar-refractivity contribution is 7.99. The molecule has 3 aromatic heterocycles. The molecule has 0 saturated heterocycles. The zero-order valence-electron chi connectivity index (χ0n) is 19.3. The van der Waals surface area contributed by atoms with Crippen LogP contribution in [0.5, 0.6) is 0 Å². The van der Waals surface area contributed by atoms with Gasteiger partial charge in [-0.15, -0.1) is 33.3 Å². The minimum absolute atomic E-state index is 0.0564. The fourth-order valence-electron chi connectivity index (χ4n) is 4.95. The number of fused-ring (bicyclic) bond motifs is 4. The number of aromatic amines is 1. The van der Waals surface area contributed by atoms with Gasteiger partial charge in [0.2, 0.25) is 5.91 Å². The number of benzene rings is 1. The highest BCUT2D eigenvalue weighted by Crippen LogP contribution is 2.34. The van der Waals surface area contributed by atoms with E-state index in [1.54, 1.807) is 11.3 Å². The highest BCUT2D eigenvalue weighted by Gasteiger charge is 2.21. The number of amides is 1. The van der Waals surface area contributed by atoms with Crippen molar-refractivity contribution in [3.8, 4) is 11.4 Å². The van der Waals surface area contributed by atoms with Crippen LogP contribution in [-0.4, -0.2) is 36.4 Å². The van der Waals surface area contributed by atoms with E-state index in [-0.39, 0.29) is 17.2 Å². The molecule has 2 aliphatic rings. The fraction of sp³-hybridized carbons (Fsp3) is 0.400. The lowest BCUT2D eigenvalue weighted by Gasteiger charge is -2.09. The first-order chi connectivity index (χ1) is 17.2. The van der Waals surface area contributed by atoms with Crippen LogP contribution < -0.4 is 10.9 Å². The maximum atomic E-state index is 12.6. The van der Waals surface area contributed by atoms with Crippen LogP contribution in [0.15, 0.2) is 29.1 Å². The van der Waals surface area contributed by atoms with Gasteiger partial charge < -0.3 is 14.9 Å². The van der Waals surface area contributed by atoms with E-state index in [0.717, 1.165) is 78.2 Å². The number of aryl methyl sites for hydroxylation is 3. The molecule has 180 valence electrons. The van der Waals surface area contributed by atoms with Gasteiger partial charge in [-0.3, -0.25) is 9.59 Å². The van der Waals surface area contributed by atoms with Crippen LogP contribution >= 0.6 is 23.1 Å². The van der Waals surface area contributed by atoms with E-state index in [1.807, 2.05) is 24.3 Å². The van der Waals surface area contributed by atoms with E-state index in [4.69, 9.17) is 0 Å². The quantitative estimate of drug-likeness (QED) is 0.403. The predicted octanol–water partition coefficient (Wildman–Crippen LogP) is 4.33. The molecule has 8 nitrogen and oxygen atoms in total. The first kappa shape index (κ1) is 22.5. The molecule has 10 heteroatoms. The number of H-pyrrole nitrogens is 1. The third-order valence-corrected chi connectivity index (χ3v) is 8.76. The summed E-state index contributed by atoms with van der Waals surface area (Å²) < 4.78 is 2.22. The molecule has 0 unspecified atom stereocenters. The molecule has 4 heterocycles. The third kappa shape index (κ3) is 4.52. The Morgan fingerprint density at radius 3 is 2.86 bits per heavy atom. The van der Waals surface area contributed by atoms with Gasteiger partial charge in [0.15, 0.2) is 5.82 Å². The zero-order valence-corrected chi connectivity index (χ0v) is 20.9. The van der Waals surface area contributed by atoms with Crippen molar-refractivity contribution in [3.05, 3.63) is 56.7 Å². The lowest BCUT2D eigenvalue weighted by atomic mass is 10.2. The topological polar surface area (TPSA) is 106 Å². The molecule has 1 aromatic carbocycles. The molecule has 0 atom stereocenters. The Hall–Kier alpha value is -2.98. The van der Waals surface area contributed by atoms with E-state index < -0.39 is 0 Å². The Morgan fingerprint density at radius 1 is 1.09 bits per heavy atom. The Balaban J connectivity index is 1.05. The van der Waals surface area contributed by atoms with Crippen LogP contribution in [0.25, 0.3) is 21.6 Å². The molecule has 0 fully saturated rings. The number of thiophene rings is 1. The normalized spacial score (nSPS) is 15.1. The number of anilines is 1. The van der Waals surface area contributed by atoms with Gasteiger partial charge in [-0.25, -0.2) is 4.98 Å². The van der Waals surface area contributed by atoms with Crippen LogP contribution in [0.2, 0.25) is 0 Å². The van der Waals surface area contributed by atoms with Crippen LogP contribution in [0.4, 0.5) is 5.69 Å². The summed E-state index contributed by atoms with van der Waals surface area (Å²) >= 11 is 3.07. The van der Waals surface area contributed by atoms with Gasteiger partial charge in [-0.1, -0.05) is 6.42 Å². The average Bonchev–Trinajstić information content (AvgIpc) is 3.50. The van der Waals surface area contributed by atoms with E-state index in [2.05, 4.69) is 30.0 Å². The number of nitrogens with zero attached hydrogens (tertiary/aromatic N) is 4. The van der Waals surface area contributed by atoms with E-state index in [0.29, 0.717) is 11.6 Å². The molecule has 0 bridgehead atoms. The number of thioether (sulfide) groups is 1. The number of carbonyl (C=O) groups excluding carboxylic acids is 1. The molecule has 0 spiro atoms. The molecule has 1 aliphatic carbocycles. The maximum absolute atomic E-state index is 12.6. The molecule has 6 rings (SSSR count). The van der Waals surface area contributed by atoms with Gasteiger partial charge in [0.1, 0.15) is 16.5 Å². The summed E-state index contributed by atoms with van der Waals surface area (Å²) in [4.78, 5) is 34.7. The minimum Gasteiger partial charge on any atom is -0.325 e. The van der Waals surface area contributed by atoms with Crippen LogP contribution in [-0.2, 0) is 36.4 Å². The summed E-state index contributed by atoms with van der Waals surface area (Å²) in [6, 6.07) is 7.76. The second-order valence-electron chi connectivity index (χ2n) is 9.07. The summed E-state index contributed by atoms with van der Waals surface area (Å²) in [7, 11) is 0. The largest absolute Gasteiger partial charge is 0.325 e. The third-order valence-electron chi connectivity index (χ3n) is 6.63. The first-order valence-electron chi connectivity index (χ1n) is 12.1. The van der Waals surface area contributed by atoms with Crippen LogP contribution in [0.1, 0.15) is 47.8 Å². The summed E-state index contributed by atoms with van der Waals surface area (Å²) in [6.45, 7) is 0.954. The van der Waals surface area contributed by atoms with Crippen molar-refractivity contribution in [2.24, 2.45) is 0 Å². The molecule has 0 radical (unpaired) electrons. The van der Waals surface area contributed by atoms with Crippen molar-refractivity contribution in [2.45, 2.75) is 57.2 Å². The lowest BCUT2D eigenvalue weighted by molar-refractivity contribution is -0.113. The van der Waals surface area contributed by atoms with Crippen molar-refractivity contribution in [2.75, 3.05) is 11.1 Å². The summed E-state index contributed by atoms with van der Waals surface area (Å²) in [5.41, 5.74) is 2.88. The SMILES string of the molecule is O=C(CSCc1nc2sc3c(c2c(=O)[nH]1)CCC3)Nc1ccc(-c2nnc3n2CCCCC3)cc1. The number of hydrogen-bond donors (Lipinski definition) is 2. The molecule has 1 amide bonds. The Kier molecular flexibility index (Phi) is 6.15. The van der Waals surface area contributed by atoms with E-state index in [1.165, 1.54) is 28.6 Å². The smallest absolute Gasteiger partial charge is 0.259 e. The molecular weight excluding hydrogens is 480 g/mol. The zero-order chi connectivity index (χ0) is 23.8. The van der Waals surface area contributed by atoms with Crippen LogP contribution in [0, 0.1) is 0 Å². The summed E-state index contributed by atoms with van der Waals surface area (Å²) in [5, 5.41) is 12.5. The maximum Gasteiger partial charge on any atom is 0.259 e. The molecule has 0 saturated carbocycles. The minimum atomic E-state index is -0.0855.